The first-order valence-corrected chi connectivity index (χ1v) is 6.34. The van der Waals surface area contributed by atoms with Gasteiger partial charge in [-0.05, 0) is 12.1 Å². The molecule has 0 saturated heterocycles. The maximum Gasteiger partial charge on any atom is 0.131 e. The third kappa shape index (κ3) is 3.85. The van der Waals surface area contributed by atoms with Crippen LogP contribution in [0.5, 0.6) is 0 Å². The van der Waals surface area contributed by atoms with Crippen LogP contribution >= 0.6 is 0 Å². The number of nitrogens with one attached hydrogen (secondary N) is 1. The molecule has 1 N–H and O–H groups in total. The van der Waals surface area contributed by atoms with Crippen LogP contribution in [0.4, 0.5) is 8.78 Å². The number of aromatic nitrogens is 2. The molecule has 0 aliphatic carbocycles. The van der Waals surface area contributed by atoms with Gasteiger partial charge in [0.15, 0.2) is 0 Å². The first-order valence-electron chi connectivity index (χ1n) is 6.34. The lowest BCUT2D eigenvalue weighted by Crippen LogP contribution is -2.18. The van der Waals surface area contributed by atoms with Crippen LogP contribution in [0.2, 0.25) is 0 Å². The monoisotopic (exact) mass is 281 g/mol. The van der Waals surface area contributed by atoms with Crippen LogP contribution in [-0.4, -0.2) is 29.8 Å². The van der Waals surface area contributed by atoms with E-state index in [0.717, 1.165) is 12.2 Å². The van der Waals surface area contributed by atoms with E-state index < -0.39 is 11.6 Å². The highest BCUT2D eigenvalue weighted by molar-refractivity contribution is 5.20. The number of hydrogen-bond donors (Lipinski definition) is 1. The number of imidazole rings is 1. The summed E-state index contributed by atoms with van der Waals surface area (Å²) < 4.78 is 33.6. The number of benzene rings is 1. The Bertz CT molecular complexity index is 537. The summed E-state index contributed by atoms with van der Waals surface area (Å²) in [6, 6.07) is 3.86. The molecule has 2 aromatic rings. The lowest BCUT2D eigenvalue weighted by atomic mass is 10.2. The van der Waals surface area contributed by atoms with Crippen molar-refractivity contribution in [1.29, 1.82) is 0 Å². The summed E-state index contributed by atoms with van der Waals surface area (Å²) in [4.78, 5) is 4.18. The number of nitrogens with zero attached hydrogens (tertiary/aromatic N) is 2. The molecule has 0 bridgehead atoms. The highest BCUT2D eigenvalue weighted by Crippen LogP contribution is 2.13. The van der Waals surface area contributed by atoms with Crippen LogP contribution in [0.25, 0.3) is 0 Å². The first kappa shape index (κ1) is 14.6. The molecule has 0 saturated carbocycles. The second kappa shape index (κ2) is 7.12. The SMILES string of the molecule is COCCNCc1cn(Cc2c(F)cccc2F)cn1. The third-order valence-electron chi connectivity index (χ3n) is 2.88. The van der Waals surface area contributed by atoms with E-state index in [-0.39, 0.29) is 12.1 Å². The van der Waals surface area contributed by atoms with Gasteiger partial charge in [0.25, 0.3) is 0 Å². The van der Waals surface area contributed by atoms with Gasteiger partial charge in [0, 0.05) is 32.0 Å². The van der Waals surface area contributed by atoms with Crippen molar-refractivity contribution in [3.8, 4) is 0 Å². The molecule has 0 spiro atoms. The zero-order valence-corrected chi connectivity index (χ0v) is 11.3. The van der Waals surface area contributed by atoms with Crippen molar-refractivity contribution < 1.29 is 13.5 Å². The highest BCUT2D eigenvalue weighted by Gasteiger charge is 2.09. The molecular weight excluding hydrogens is 264 g/mol. The van der Waals surface area contributed by atoms with Gasteiger partial charge in [-0.25, -0.2) is 13.8 Å². The van der Waals surface area contributed by atoms with Gasteiger partial charge in [-0.2, -0.15) is 0 Å². The Labute approximate surface area is 116 Å². The van der Waals surface area contributed by atoms with Gasteiger partial charge in [0.2, 0.25) is 0 Å². The second-order valence-corrected chi connectivity index (χ2v) is 4.41. The second-order valence-electron chi connectivity index (χ2n) is 4.41. The van der Waals surface area contributed by atoms with Crippen LogP contribution in [0.1, 0.15) is 11.3 Å². The summed E-state index contributed by atoms with van der Waals surface area (Å²) in [6.45, 7) is 2.08. The minimum atomic E-state index is -0.543. The fourth-order valence-corrected chi connectivity index (χ4v) is 1.84. The smallest absolute Gasteiger partial charge is 0.131 e. The Balaban J connectivity index is 1.96. The Kier molecular flexibility index (Phi) is 5.20. The molecule has 1 aromatic heterocycles. The van der Waals surface area contributed by atoms with Gasteiger partial charge in [-0.1, -0.05) is 6.07 Å². The molecule has 1 heterocycles. The van der Waals surface area contributed by atoms with Gasteiger partial charge < -0.3 is 14.6 Å². The molecule has 4 nitrogen and oxygen atoms in total. The average molecular weight is 281 g/mol. The first-order chi connectivity index (χ1) is 9.70. The summed E-state index contributed by atoms with van der Waals surface area (Å²) >= 11 is 0. The molecule has 108 valence electrons. The third-order valence-corrected chi connectivity index (χ3v) is 2.88. The van der Waals surface area contributed by atoms with Gasteiger partial charge in [0.05, 0.1) is 25.2 Å². The van der Waals surface area contributed by atoms with Crippen LogP contribution < -0.4 is 5.32 Å². The van der Waals surface area contributed by atoms with Crippen molar-refractivity contribution in [2.24, 2.45) is 0 Å². The summed E-state index contributed by atoms with van der Waals surface area (Å²) in [5, 5.41) is 3.15. The van der Waals surface area contributed by atoms with Crippen molar-refractivity contribution in [3.63, 3.8) is 0 Å². The zero-order valence-electron chi connectivity index (χ0n) is 11.3. The molecule has 0 unspecified atom stereocenters. The lowest BCUT2D eigenvalue weighted by Gasteiger charge is -2.05. The fraction of sp³-hybridized carbons (Fsp3) is 0.357. The van der Waals surface area contributed by atoms with E-state index in [1.54, 1.807) is 24.2 Å². The van der Waals surface area contributed by atoms with Crippen molar-refractivity contribution in [2.75, 3.05) is 20.3 Å². The normalized spacial score (nSPS) is 10.9. The van der Waals surface area contributed by atoms with Crippen LogP contribution in [0, 0.1) is 11.6 Å². The largest absolute Gasteiger partial charge is 0.383 e. The summed E-state index contributed by atoms with van der Waals surface area (Å²) in [5.74, 6) is -1.09. The number of hydrogen-bond acceptors (Lipinski definition) is 3. The molecule has 0 aliphatic heterocycles. The molecule has 6 heteroatoms. The minimum absolute atomic E-state index is 0.0452. The zero-order chi connectivity index (χ0) is 14.4. The molecule has 1 aromatic carbocycles. The molecule has 20 heavy (non-hydrogen) atoms. The van der Waals surface area contributed by atoms with Gasteiger partial charge in [-0.15, -0.1) is 0 Å². The van der Waals surface area contributed by atoms with E-state index in [0.29, 0.717) is 13.2 Å². The fourth-order valence-electron chi connectivity index (χ4n) is 1.84. The van der Waals surface area contributed by atoms with Crippen molar-refractivity contribution in [2.45, 2.75) is 13.1 Å². The molecule has 0 radical (unpaired) electrons. The highest BCUT2D eigenvalue weighted by atomic mass is 19.1. The molecule has 0 fully saturated rings. The van der Waals surface area contributed by atoms with E-state index in [4.69, 9.17) is 4.74 Å². The van der Waals surface area contributed by atoms with E-state index in [1.807, 2.05) is 0 Å². The minimum Gasteiger partial charge on any atom is -0.383 e. The van der Waals surface area contributed by atoms with Crippen LogP contribution in [0.15, 0.2) is 30.7 Å². The lowest BCUT2D eigenvalue weighted by molar-refractivity contribution is 0.199. The average Bonchev–Trinajstić information content (AvgIpc) is 2.87. The molecular formula is C14H17F2N3O. The molecule has 0 atom stereocenters. The van der Waals surface area contributed by atoms with Gasteiger partial charge in [0.1, 0.15) is 11.6 Å². The van der Waals surface area contributed by atoms with E-state index in [1.165, 1.54) is 18.2 Å². The quantitative estimate of drug-likeness (QED) is 0.788. The van der Waals surface area contributed by atoms with Gasteiger partial charge in [-0.3, -0.25) is 0 Å². The number of ether oxygens (including phenoxy) is 1. The maximum atomic E-state index is 13.5. The topological polar surface area (TPSA) is 39.1 Å². The Hall–Kier alpha value is -1.79. The van der Waals surface area contributed by atoms with Crippen LogP contribution in [-0.2, 0) is 17.8 Å². The summed E-state index contributed by atoms with van der Waals surface area (Å²) in [7, 11) is 1.64. The molecule has 2 rings (SSSR count). The number of methoxy groups -OCH3 is 1. The summed E-state index contributed by atoms with van der Waals surface area (Å²) in [5.41, 5.74) is 0.863. The standard InChI is InChI=1S/C14H17F2N3O/c1-20-6-5-17-7-11-8-19(10-18-11)9-12-13(15)3-2-4-14(12)16/h2-4,8,10,17H,5-7,9H2,1H3. The summed E-state index contributed by atoms with van der Waals surface area (Å²) in [6.07, 6.45) is 3.34. The van der Waals surface area contributed by atoms with Crippen molar-refractivity contribution in [3.05, 3.63) is 53.6 Å². The van der Waals surface area contributed by atoms with Gasteiger partial charge >= 0.3 is 0 Å². The molecule has 0 amide bonds. The van der Waals surface area contributed by atoms with E-state index >= 15 is 0 Å². The van der Waals surface area contributed by atoms with Crippen molar-refractivity contribution in [1.82, 2.24) is 14.9 Å². The van der Waals surface area contributed by atoms with E-state index in [2.05, 4.69) is 10.3 Å². The Morgan fingerprint density at radius 2 is 2.05 bits per heavy atom. The van der Waals surface area contributed by atoms with Crippen molar-refractivity contribution >= 4 is 0 Å². The Morgan fingerprint density at radius 3 is 2.75 bits per heavy atom. The number of halogens is 2. The predicted molar refractivity (Wildman–Crippen MR) is 71.3 cm³/mol. The van der Waals surface area contributed by atoms with E-state index in [9.17, 15) is 8.78 Å². The molecule has 0 aliphatic rings. The number of rotatable bonds is 7. The predicted octanol–water partition coefficient (Wildman–Crippen LogP) is 1.95. The maximum absolute atomic E-state index is 13.5. The van der Waals surface area contributed by atoms with Crippen LogP contribution in [0.3, 0.4) is 0 Å². The Morgan fingerprint density at radius 1 is 1.30 bits per heavy atom.